The van der Waals surface area contributed by atoms with Gasteiger partial charge in [0.25, 0.3) is 0 Å². The van der Waals surface area contributed by atoms with E-state index in [0.717, 1.165) is 4.90 Å². The molecule has 3 rings (SSSR count). The first-order chi connectivity index (χ1) is 9.31. The number of hydrogen-bond donors (Lipinski definition) is 0. The third-order valence-corrected chi connectivity index (χ3v) is 3.21. The molecule has 0 bridgehead atoms. The van der Waals surface area contributed by atoms with Gasteiger partial charge in [0.15, 0.2) is 5.16 Å². The zero-order valence-corrected chi connectivity index (χ0v) is 11.1. The highest BCUT2D eigenvalue weighted by Crippen LogP contribution is 2.24. The van der Waals surface area contributed by atoms with Crippen molar-refractivity contribution in [1.29, 1.82) is 0 Å². The average molecular weight is 291 g/mol. The molecule has 0 aliphatic rings. The lowest BCUT2D eigenvalue weighted by Gasteiger charge is -2.03. The largest absolute Gasteiger partial charge is 0.274 e. The maximum absolute atomic E-state index is 5.91. The van der Waals surface area contributed by atoms with Gasteiger partial charge in [0.05, 0.1) is 0 Å². The quantitative estimate of drug-likeness (QED) is 0.737. The monoisotopic (exact) mass is 290 g/mol. The standard InChI is InChI=1S/C11H7ClN6S/c12-9-15-10(18-6-5-14-7-18)17-11(16-9)19-8-1-3-13-4-2-8/h1-7H. The summed E-state index contributed by atoms with van der Waals surface area (Å²) in [6, 6.07) is 3.75. The first-order valence-corrected chi connectivity index (χ1v) is 6.48. The normalized spacial score (nSPS) is 10.6. The Bertz CT molecular complexity index is 673. The van der Waals surface area contributed by atoms with E-state index in [1.54, 1.807) is 35.7 Å². The Labute approximate surface area is 117 Å². The first-order valence-electron chi connectivity index (χ1n) is 5.29. The van der Waals surface area contributed by atoms with E-state index in [0.29, 0.717) is 11.1 Å². The van der Waals surface area contributed by atoms with Gasteiger partial charge in [0, 0.05) is 29.7 Å². The van der Waals surface area contributed by atoms with Gasteiger partial charge >= 0.3 is 0 Å². The molecule has 19 heavy (non-hydrogen) atoms. The number of hydrogen-bond acceptors (Lipinski definition) is 6. The van der Waals surface area contributed by atoms with E-state index in [2.05, 4.69) is 24.9 Å². The van der Waals surface area contributed by atoms with E-state index < -0.39 is 0 Å². The van der Waals surface area contributed by atoms with E-state index in [1.165, 1.54) is 11.8 Å². The fourth-order valence-electron chi connectivity index (χ4n) is 1.37. The first kappa shape index (κ1) is 12.1. The number of nitrogens with zero attached hydrogens (tertiary/aromatic N) is 6. The van der Waals surface area contributed by atoms with Crippen molar-refractivity contribution in [1.82, 2.24) is 29.5 Å². The number of pyridine rings is 1. The number of aromatic nitrogens is 6. The van der Waals surface area contributed by atoms with Crippen LogP contribution in [0.25, 0.3) is 5.95 Å². The summed E-state index contributed by atoms with van der Waals surface area (Å²) in [4.78, 5) is 21.4. The predicted molar refractivity (Wildman–Crippen MR) is 70.3 cm³/mol. The van der Waals surface area contributed by atoms with Crippen LogP contribution >= 0.6 is 23.4 Å². The Balaban J connectivity index is 1.94. The zero-order valence-electron chi connectivity index (χ0n) is 9.51. The fourth-order valence-corrected chi connectivity index (χ4v) is 2.31. The van der Waals surface area contributed by atoms with Crippen LogP contribution in [0.2, 0.25) is 5.28 Å². The van der Waals surface area contributed by atoms with Crippen LogP contribution in [0.15, 0.2) is 53.3 Å². The van der Waals surface area contributed by atoms with Gasteiger partial charge < -0.3 is 0 Å². The van der Waals surface area contributed by atoms with E-state index in [4.69, 9.17) is 11.6 Å². The molecule has 0 aromatic carbocycles. The molecule has 8 heteroatoms. The van der Waals surface area contributed by atoms with Crippen molar-refractivity contribution in [2.75, 3.05) is 0 Å². The molecule has 0 fully saturated rings. The van der Waals surface area contributed by atoms with Gasteiger partial charge in [-0.05, 0) is 35.5 Å². The number of rotatable bonds is 3. The molecule has 0 unspecified atom stereocenters. The summed E-state index contributed by atoms with van der Waals surface area (Å²) in [5.74, 6) is 0.439. The molecule has 0 saturated carbocycles. The van der Waals surface area contributed by atoms with Gasteiger partial charge in [0.2, 0.25) is 11.2 Å². The Morgan fingerprint density at radius 1 is 1.00 bits per heavy atom. The maximum atomic E-state index is 5.91. The summed E-state index contributed by atoms with van der Waals surface area (Å²) in [5.41, 5.74) is 0. The molecule has 3 aromatic heterocycles. The van der Waals surface area contributed by atoms with Crippen molar-refractivity contribution in [2.45, 2.75) is 10.1 Å². The Morgan fingerprint density at radius 2 is 1.84 bits per heavy atom. The van der Waals surface area contributed by atoms with E-state index in [-0.39, 0.29) is 5.28 Å². The van der Waals surface area contributed by atoms with Crippen LogP contribution in [0.5, 0.6) is 0 Å². The lowest BCUT2D eigenvalue weighted by atomic mass is 10.5. The zero-order chi connectivity index (χ0) is 13.1. The van der Waals surface area contributed by atoms with Gasteiger partial charge in [-0.3, -0.25) is 9.55 Å². The van der Waals surface area contributed by atoms with Gasteiger partial charge in [-0.25, -0.2) is 4.98 Å². The molecule has 0 atom stereocenters. The molecule has 3 aromatic rings. The average Bonchev–Trinajstić information content (AvgIpc) is 2.93. The molecule has 0 amide bonds. The van der Waals surface area contributed by atoms with Gasteiger partial charge in [-0.15, -0.1) is 0 Å². The van der Waals surface area contributed by atoms with Crippen LogP contribution in [0, 0.1) is 0 Å². The van der Waals surface area contributed by atoms with Crippen molar-refractivity contribution < 1.29 is 0 Å². The third-order valence-electron chi connectivity index (χ3n) is 2.17. The van der Waals surface area contributed by atoms with Gasteiger partial charge in [-0.2, -0.15) is 15.0 Å². The van der Waals surface area contributed by atoms with E-state index in [1.807, 2.05) is 12.1 Å². The van der Waals surface area contributed by atoms with E-state index in [9.17, 15) is 0 Å². The van der Waals surface area contributed by atoms with Gasteiger partial charge in [-0.1, -0.05) is 0 Å². The summed E-state index contributed by atoms with van der Waals surface area (Å²) in [5, 5.41) is 0.671. The van der Waals surface area contributed by atoms with Crippen molar-refractivity contribution >= 4 is 23.4 Å². The van der Waals surface area contributed by atoms with Crippen LogP contribution in [-0.2, 0) is 0 Å². The lowest BCUT2D eigenvalue weighted by Crippen LogP contribution is -2.02. The van der Waals surface area contributed by atoms with Crippen LogP contribution < -0.4 is 0 Å². The van der Waals surface area contributed by atoms with Crippen LogP contribution in [0.1, 0.15) is 0 Å². The molecule has 0 aliphatic heterocycles. The Morgan fingerprint density at radius 3 is 2.58 bits per heavy atom. The molecule has 0 aliphatic carbocycles. The van der Waals surface area contributed by atoms with E-state index >= 15 is 0 Å². The molecule has 3 heterocycles. The predicted octanol–water partition coefficient (Wildman–Crippen LogP) is 2.26. The summed E-state index contributed by atoms with van der Waals surface area (Å²) < 4.78 is 1.67. The van der Waals surface area contributed by atoms with Crippen molar-refractivity contribution in [3.05, 3.63) is 48.5 Å². The number of halogens is 1. The fraction of sp³-hybridized carbons (Fsp3) is 0. The summed E-state index contributed by atoms with van der Waals surface area (Å²) >= 11 is 7.30. The minimum absolute atomic E-state index is 0.148. The SMILES string of the molecule is Clc1nc(Sc2ccncc2)nc(-n2ccnc2)n1. The van der Waals surface area contributed by atoms with Crippen LogP contribution in [-0.4, -0.2) is 29.5 Å². The Kier molecular flexibility index (Phi) is 3.39. The van der Waals surface area contributed by atoms with Crippen LogP contribution in [0.4, 0.5) is 0 Å². The second-order valence-electron chi connectivity index (χ2n) is 3.44. The van der Waals surface area contributed by atoms with Crippen molar-refractivity contribution in [3.63, 3.8) is 0 Å². The molecule has 6 nitrogen and oxygen atoms in total. The van der Waals surface area contributed by atoms with Crippen LogP contribution in [0.3, 0.4) is 0 Å². The smallest absolute Gasteiger partial charge is 0.240 e. The second kappa shape index (κ2) is 5.33. The maximum Gasteiger partial charge on any atom is 0.240 e. The van der Waals surface area contributed by atoms with Gasteiger partial charge in [0.1, 0.15) is 6.33 Å². The highest BCUT2D eigenvalue weighted by Gasteiger charge is 2.08. The second-order valence-corrected chi connectivity index (χ2v) is 4.82. The minimum Gasteiger partial charge on any atom is -0.274 e. The topological polar surface area (TPSA) is 69.4 Å². The summed E-state index contributed by atoms with van der Waals surface area (Å²) in [7, 11) is 0. The molecular weight excluding hydrogens is 284 g/mol. The summed E-state index contributed by atoms with van der Waals surface area (Å²) in [6.07, 6.45) is 8.41. The molecule has 0 saturated heterocycles. The lowest BCUT2D eigenvalue weighted by molar-refractivity contribution is 0.823. The highest BCUT2D eigenvalue weighted by molar-refractivity contribution is 7.99. The Hall–Kier alpha value is -1.99. The highest BCUT2D eigenvalue weighted by atomic mass is 35.5. The molecule has 94 valence electrons. The molecular formula is C11H7ClN6S. The van der Waals surface area contributed by atoms with Crippen molar-refractivity contribution in [2.24, 2.45) is 0 Å². The third kappa shape index (κ3) is 2.88. The molecule has 0 N–H and O–H groups in total. The molecule has 0 spiro atoms. The minimum atomic E-state index is 0.148. The summed E-state index contributed by atoms with van der Waals surface area (Å²) in [6.45, 7) is 0. The van der Waals surface area contributed by atoms with Crippen molar-refractivity contribution in [3.8, 4) is 5.95 Å². The number of imidazole rings is 1. The molecule has 0 radical (unpaired) electrons.